The van der Waals surface area contributed by atoms with Crippen molar-refractivity contribution in [3.63, 3.8) is 0 Å². The Morgan fingerprint density at radius 3 is 3.00 bits per heavy atom. The Morgan fingerprint density at radius 2 is 2.25 bits per heavy atom. The molecule has 0 aromatic carbocycles. The van der Waals surface area contributed by atoms with E-state index in [0.717, 1.165) is 23.4 Å². The van der Waals surface area contributed by atoms with E-state index in [1.807, 2.05) is 39.7 Å². The Kier molecular flexibility index (Phi) is 4.00. The first kappa shape index (κ1) is 14.9. The number of aromatic nitrogens is 3. The molecule has 0 radical (unpaired) electrons. The molecule has 3 aromatic rings. The molecular formula is C17H16N4O2S. The second-order valence-corrected chi connectivity index (χ2v) is 6.42. The highest BCUT2D eigenvalue weighted by Gasteiger charge is 2.26. The van der Waals surface area contributed by atoms with Crippen molar-refractivity contribution < 1.29 is 9.53 Å². The lowest BCUT2D eigenvalue weighted by Gasteiger charge is -2.12. The molecule has 6 nitrogen and oxygen atoms in total. The second-order valence-electron chi connectivity index (χ2n) is 5.64. The van der Waals surface area contributed by atoms with Gasteiger partial charge in [-0.05, 0) is 40.6 Å². The molecule has 0 aliphatic carbocycles. The van der Waals surface area contributed by atoms with Gasteiger partial charge in [-0.3, -0.25) is 14.5 Å². The first-order chi connectivity index (χ1) is 11.8. The molecule has 1 aliphatic heterocycles. The molecule has 0 bridgehead atoms. The average molecular weight is 340 g/mol. The minimum absolute atomic E-state index is 0.0396. The summed E-state index contributed by atoms with van der Waals surface area (Å²) in [6.07, 6.45) is 4.20. The number of fused-ring (bicyclic) bond motifs is 1. The van der Waals surface area contributed by atoms with Crippen LogP contribution in [0.3, 0.4) is 0 Å². The average Bonchev–Trinajstić information content (AvgIpc) is 3.29. The zero-order valence-electron chi connectivity index (χ0n) is 12.9. The minimum atomic E-state index is -0.144. The maximum atomic E-state index is 12.2. The Hall–Kier alpha value is -2.67. The van der Waals surface area contributed by atoms with E-state index in [-0.39, 0.29) is 12.0 Å². The van der Waals surface area contributed by atoms with E-state index in [2.05, 4.69) is 15.4 Å². The monoisotopic (exact) mass is 340 g/mol. The van der Waals surface area contributed by atoms with E-state index >= 15 is 0 Å². The van der Waals surface area contributed by atoms with Gasteiger partial charge in [-0.1, -0.05) is 0 Å². The summed E-state index contributed by atoms with van der Waals surface area (Å²) in [4.78, 5) is 16.2. The number of carbonyl (C=O) groups excluding carboxylic acids is 1. The fourth-order valence-corrected chi connectivity index (χ4v) is 3.40. The fourth-order valence-electron chi connectivity index (χ4n) is 2.73. The summed E-state index contributed by atoms with van der Waals surface area (Å²) >= 11 is 1.62. The van der Waals surface area contributed by atoms with E-state index in [4.69, 9.17) is 4.74 Å². The van der Waals surface area contributed by atoms with Gasteiger partial charge in [0.2, 0.25) is 0 Å². The Balaban J connectivity index is 1.36. The van der Waals surface area contributed by atoms with Crippen LogP contribution < -0.4 is 10.1 Å². The summed E-state index contributed by atoms with van der Waals surface area (Å²) in [5.41, 5.74) is 2.59. The minimum Gasteiger partial charge on any atom is -0.488 e. The number of hydrogen-bond donors (Lipinski definition) is 1. The third-order valence-electron chi connectivity index (χ3n) is 3.89. The summed E-state index contributed by atoms with van der Waals surface area (Å²) in [7, 11) is 0. The van der Waals surface area contributed by atoms with Crippen molar-refractivity contribution in [2.24, 2.45) is 0 Å². The second kappa shape index (κ2) is 6.45. The van der Waals surface area contributed by atoms with Gasteiger partial charge >= 0.3 is 0 Å². The van der Waals surface area contributed by atoms with Crippen LogP contribution in [-0.4, -0.2) is 26.8 Å². The van der Waals surface area contributed by atoms with Crippen molar-refractivity contribution in [3.8, 4) is 5.75 Å². The third kappa shape index (κ3) is 3.16. The number of nitrogens with one attached hydrogen (secondary N) is 1. The normalized spacial score (nSPS) is 15.9. The van der Waals surface area contributed by atoms with Gasteiger partial charge in [-0.15, -0.1) is 0 Å². The topological polar surface area (TPSA) is 69.0 Å². The van der Waals surface area contributed by atoms with Crippen molar-refractivity contribution in [3.05, 3.63) is 64.4 Å². The molecule has 122 valence electrons. The molecule has 4 heterocycles. The molecule has 24 heavy (non-hydrogen) atoms. The van der Waals surface area contributed by atoms with E-state index in [9.17, 15) is 4.79 Å². The quantitative estimate of drug-likeness (QED) is 0.774. The summed E-state index contributed by atoms with van der Waals surface area (Å²) in [5.74, 6) is 0.657. The standard InChI is InChI=1S/C17H16N4O2S/c22-17(19-9-12-3-6-24-11-12)16-8-13-7-15(10-21(13)20-16)23-14-1-4-18-5-2-14/h1-6,8,11,15H,7,9-10H2,(H,19,22)/t15-/m0/s1. The van der Waals surface area contributed by atoms with Crippen molar-refractivity contribution >= 4 is 17.2 Å². The van der Waals surface area contributed by atoms with Gasteiger partial charge in [0.05, 0.1) is 6.54 Å². The molecular weight excluding hydrogens is 324 g/mol. The largest absolute Gasteiger partial charge is 0.488 e. The number of nitrogens with zero attached hydrogens (tertiary/aromatic N) is 3. The van der Waals surface area contributed by atoms with Crippen LogP contribution in [0.5, 0.6) is 5.75 Å². The van der Waals surface area contributed by atoms with Crippen molar-refractivity contribution in [1.82, 2.24) is 20.1 Å². The predicted octanol–water partition coefficient (Wildman–Crippen LogP) is 2.27. The number of hydrogen-bond acceptors (Lipinski definition) is 5. The van der Waals surface area contributed by atoms with Gasteiger partial charge in [0.25, 0.3) is 5.91 Å². The van der Waals surface area contributed by atoms with E-state index in [1.54, 1.807) is 23.7 Å². The molecule has 0 saturated carbocycles. The third-order valence-corrected chi connectivity index (χ3v) is 4.63. The first-order valence-corrected chi connectivity index (χ1v) is 8.65. The smallest absolute Gasteiger partial charge is 0.272 e. The van der Waals surface area contributed by atoms with Crippen LogP contribution in [0.2, 0.25) is 0 Å². The first-order valence-electron chi connectivity index (χ1n) is 7.70. The summed E-state index contributed by atoms with van der Waals surface area (Å²) < 4.78 is 7.77. The number of ether oxygens (including phenoxy) is 1. The molecule has 1 amide bonds. The van der Waals surface area contributed by atoms with Crippen LogP contribution in [0.1, 0.15) is 21.7 Å². The van der Waals surface area contributed by atoms with E-state index < -0.39 is 0 Å². The molecule has 0 spiro atoms. The summed E-state index contributed by atoms with van der Waals surface area (Å²) in [6, 6.07) is 7.52. The highest BCUT2D eigenvalue weighted by Crippen LogP contribution is 2.21. The zero-order chi connectivity index (χ0) is 16.4. The van der Waals surface area contributed by atoms with E-state index in [1.165, 1.54) is 0 Å². The van der Waals surface area contributed by atoms with Crippen LogP contribution in [0.15, 0.2) is 47.4 Å². The predicted molar refractivity (Wildman–Crippen MR) is 90.1 cm³/mol. The number of carbonyl (C=O) groups is 1. The van der Waals surface area contributed by atoms with Crippen molar-refractivity contribution in [2.75, 3.05) is 0 Å². The van der Waals surface area contributed by atoms with Crippen LogP contribution in [0, 0.1) is 0 Å². The maximum absolute atomic E-state index is 12.2. The molecule has 0 unspecified atom stereocenters. The van der Waals surface area contributed by atoms with Gasteiger partial charge in [0.15, 0.2) is 0 Å². The molecule has 0 fully saturated rings. The molecule has 1 atom stereocenters. The van der Waals surface area contributed by atoms with Crippen LogP contribution in [-0.2, 0) is 19.5 Å². The molecule has 4 rings (SSSR count). The molecule has 0 saturated heterocycles. The van der Waals surface area contributed by atoms with Crippen LogP contribution in [0.4, 0.5) is 0 Å². The maximum Gasteiger partial charge on any atom is 0.272 e. The lowest BCUT2D eigenvalue weighted by Crippen LogP contribution is -2.24. The number of rotatable bonds is 5. The number of pyridine rings is 1. The molecule has 3 aromatic heterocycles. The number of amides is 1. The SMILES string of the molecule is O=C(NCc1ccsc1)c1cc2n(n1)C[C@@H](Oc1ccncc1)C2. The lowest BCUT2D eigenvalue weighted by molar-refractivity contribution is 0.0944. The zero-order valence-corrected chi connectivity index (χ0v) is 13.7. The lowest BCUT2D eigenvalue weighted by atomic mass is 10.2. The Labute approximate surface area is 143 Å². The van der Waals surface area contributed by atoms with Gasteiger partial charge in [0, 0.05) is 31.1 Å². The Bertz CT molecular complexity index is 806. The van der Waals surface area contributed by atoms with E-state index in [0.29, 0.717) is 18.8 Å². The van der Waals surface area contributed by atoms with Crippen LogP contribution in [0.25, 0.3) is 0 Å². The molecule has 1 N–H and O–H groups in total. The summed E-state index contributed by atoms with van der Waals surface area (Å²) in [5, 5.41) is 11.3. The van der Waals surface area contributed by atoms with Gasteiger partial charge in [0.1, 0.15) is 17.5 Å². The van der Waals surface area contributed by atoms with Gasteiger partial charge < -0.3 is 10.1 Å². The number of thiophene rings is 1. The van der Waals surface area contributed by atoms with Gasteiger partial charge in [-0.2, -0.15) is 16.4 Å². The summed E-state index contributed by atoms with van der Waals surface area (Å²) in [6.45, 7) is 1.17. The highest BCUT2D eigenvalue weighted by molar-refractivity contribution is 7.07. The molecule has 7 heteroatoms. The van der Waals surface area contributed by atoms with Crippen LogP contribution >= 0.6 is 11.3 Å². The van der Waals surface area contributed by atoms with Gasteiger partial charge in [-0.25, -0.2) is 0 Å². The van der Waals surface area contributed by atoms with Crippen molar-refractivity contribution in [2.45, 2.75) is 25.6 Å². The molecule has 1 aliphatic rings. The van der Waals surface area contributed by atoms with Crippen molar-refractivity contribution in [1.29, 1.82) is 0 Å². The fraction of sp³-hybridized carbons (Fsp3) is 0.235. The Morgan fingerprint density at radius 1 is 1.38 bits per heavy atom. The highest BCUT2D eigenvalue weighted by atomic mass is 32.1.